The first-order valence-electron chi connectivity index (χ1n) is 8.70. The van der Waals surface area contributed by atoms with Gasteiger partial charge in [-0.15, -0.1) is 0 Å². The van der Waals surface area contributed by atoms with Crippen molar-refractivity contribution in [3.05, 3.63) is 64.7 Å². The third-order valence-electron chi connectivity index (χ3n) is 4.65. The van der Waals surface area contributed by atoms with Crippen molar-refractivity contribution < 1.29 is 18.4 Å². The SMILES string of the molecule is O=C(Nc1ccc(F)c(Cl)c1)C1CCN(C(=O)Cc2cccc(F)c2)CC1. The van der Waals surface area contributed by atoms with Crippen molar-refractivity contribution in [1.29, 1.82) is 0 Å². The molecule has 1 N–H and O–H groups in total. The zero-order valence-electron chi connectivity index (χ0n) is 14.6. The molecule has 0 aliphatic carbocycles. The second-order valence-corrected chi connectivity index (χ2v) is 6.99. The van der Waals surface area contributed by atoms with E-state index in [0.717, 1.165) is 0 Å². The minimum Gasteiger partial charge on any atom is -0.342 e. The zero-order valence-corrected chi connectivity index (χ0v) is 15.3. The predicted molar refractivity (Wildman–Crippen MR) is 99.4 cm³/mol. The molecule has 1 fully saturated rings. The molecule has 2 aromatic carbocycles. The van der Waals surface area contributed by atoms with Gasteiger partial charge in [-0.05, 0) is 48.7 Å². The van der Waals surface area contributed by atoms with Gasteiger partial charge in [0.25, 0.3) is 0 Å². The average Bonchev–Trinajstić information content (AvgIpc) is 2.65. The third kappa shape index (κ3) is 5.04. The highest BCUT2D eigenvalue weighted by Crippen LogP contribution is 2.23. The van der Waals surface area contributed by atoms with Crippen molar-refractivity contribution in [3.63, 3.8) is 0 Å². The second-order valence-electron chi connectivity index (χ2n) is 6.58. The lowest BCUT2D eigenvalue weighted by Crippen LogP contribution is -2.42. The van der Waals surface area contributed by atoms with Crippen molar-refractivity contribution in [2.75, 3.05) is 18.4 Å². The molecule has 0 atom stereocenters. The van der Waals surface area contributed by atoms with Gasteiger partial charge in [0, 0.05) is 24.7 Å². The number of carbonyl (C=O) groups is 2. The molecule has 142 valence electrons. The fraction of sp³-hybridized carbons (Fsp3) is 0.300. The molecule has 0 saturated carbocycles. The van der Waals surface area contributed by atoms with Crippen molar-refractivity contribution in [2.45, 2.75) is 19.3 Å². The molecule has 3 rings (SSSR count). The molecule has 0 unspecified atom stereocenters. The maximum atomic E-state index is 13.2. The first kappa shape index (κ1) is 19.3. The molecular formula is C20H19ClF2N2O2. The third-order valence-corrected chi connectivity index (χ3v) is 4.94. The number of amides is 2. The lowest BCUT2D eigenvalue weighted by Gasteiger charge is -2.31. The highest BCUT2D eigenvalue weighted by molar-refractivity contribution is 6.31. The molecule has 1 aliphatic rings. The molecule has 2 aromatic rings. The number of hydrogen-bond acceptors (Lipinski definition) is 2. The van der Waals surface area contributed by atoms with Crippen LogP contribution < -0.4 is 5.32 Å². The number of benzene rings is 2. The van der Waals surface area contributed by atoms with E-state index >= 15 is 0 Å². The maximum Gasteiger partial charge on any atom is 0.227 e. The lowest BCUT2D eigenvalue weighted by molar-refractivity contribution is -0.133. The second kappa shape index (κ2) is 8.48. The summed E-state index contributed by atoms with van der Waals surface area (Å²) >= 11 is 5.72. The number of carbonyl (C=O) groups excluding carboxylic acids is 2. The van der Waals surface area contributed by atoms with Gasteiger partial charge in [-0.1, -0.05) is 23.7 Å². The van der Waals surface area contributed by atoms with Gasteiger partial charge in [0.15, 0.2) is 0 Å². The van der Waals surface area contributed by atoms with Crippen molar-refractivity contribution in [1.82, 2.24) is 4.90 Å². The van der Waals surface area contributed by atoms with E-state index in [1.54, 1.807) is 17.0 Å². The van der Waals surface area contributed by atoms with Crippen LogP contribution in [-0.2, 0) is 16.0 Å². The Bertz CT molecular complexity index is 852. The number of halogens is 3. The molecule has 0 aromatic heterocycles. The van der Waals surface area contributed by atoms with Crippen LogP contribution in [0.5, 0.6) is 0 Å². The summed E-state index contributed by atoms with van der Waals surface area (Å²) in [5, 5.41) is 2.68. The van der Waals surface area contributed by atoms with E-state index in [1.165, 1.54) is 30.3 Å². The Morgan fingerprint density at radius 2 is 1.85 bits per heavy atom. The van der Waals surface area contributed by atoms with Crippen LogP contribution in [0.2, 0.25) is 5.02 Å². The molecular weight excluding hydrogens is 374 g/mol. The lowest BCUT2D eigenvalue weighted by atomic mass is 9.95. The van der Waals surface area contributed by atoms with E-state index < -0.39 is 5.82 Å². The molecule has 4 nitrogen and oxygen atoms in total. The Balaban J connectivity index is 1.51. The highest BCUT2D eigenvalue weighted by Gasteiger charge is 2.27. The van der Waals surface area contributed by atoms with Crippen LogP contribution in [0, 0.1) is 17.6 Å². The van der Waals surface area contributed by atoms with Gasteiger partial charge >= 0.3 is 0 Å². The summed E-state index contributed by atoms with van der Waals surface area (Å²) in [6.07, 6.45) is 1.22. The highest BCUT2D eigenvalue weighted by atomic mass is 35.5. The molecule has 2 amide bonds. The summed E-state index contributed by atoms with van der Waals surface area (Å²) in [6, 6.07) is 10.0. The largest absolute Gasteiger partial charge is 0.342 e. The summed E-state index contributed by atoms with van der Waals surface area (Å²) < 4.78 is 26.4. The maximum absolute atomic E-state index is 13.2. The van der Waals surface area contributed by atoms with E-state index in [1.807, 2.05) is 0 Å². The van der Waals surface area contributed by atoms with Gasteiger partial charge in [0.2, 0.25) is 11.8 Å². The summed E-state index contributed by atoms with van der Waals surface area (Å²) in [7, 11) is 0. The number of piperidine rings is 1. The van der Waals surface area contributed by atoms with Gasteiger partial charge in [-0.2, -0.15) is 0 Å². The monoisotopic (exact) mass is 392 g/mol. The minimum absolute atomic E-state index is 0.0504. The van der Waals surface area contributed by atoms with Crippen LogP contribution in [0.4, 0.5) is 14.5 Å². The van der Waals surface area contributed by atoms with Gasteiger partial charge < -0.3 is 10.2 Å². The van der Waals surface area contributed by atoms with Crippen LogP contribution in [0.25, 0.3) is 0 Å². The number of hydrogen-bond donors (Lipinski definition) is 1. The topological polar surface area (TPSA) is 49.4 Å². The number of anilines is 1. The minimum atomic E-state index is -0.542. The number of likely N-dealkylation sites (tertiary alicyclic amines) is 1. The van der Waals surface area contributed by atoms with E-state index in [0.29, 0.717) is 37.2 Å². The Morgan fingerprint density at radius 1 is 1.11 bits per heavy atom. The van der Waals surface area contributed by atoms with Gasteiger partial charge in [0.05, 0.1) is 11.4 Å². The van der Waals surface area contributed by atoms with Gasteiger partial charge in [0.1, 0.15) is 11.6 Å². The molecule has 0 spiro atoms. The van der Waals surface area contributed by atoms with Crippen LogP contribution in [0.1, 0.15) is 18.4 Å². The molecule has 0 bridgehead atoms. The Morgan fingerprint density at radius 3 is 2.52 bits per heavy atom. The van der Waals surface area contributed by atoms with Crippen LogP contribution in [-0.4, -0.2) is 29.8 Å². The van der Waals surface area contributed by atoms with Crippen molar-refractivity contribution >= 4 is 29.1 Å². The van der Waals surface area contributed by atoms with E-state index in [-0.39, 0.29) is 35.0 Å². The van der Waals surface area contributed by atoms with Gasteiger partial charge in [-0.25, -0.2) is 8.78 Å². The molecule has 0 radical (unpaired) electrons. The molecule has 27 heavy (non-hydrogen) atoms. The predicted octanol–water partition coefficient (Wildman–Crippen LogP) is 4.04. The number of nitrogens with one attached hydrogen (secondary N) is 1. The van der Waals surface area contributed by atoms with Crippen LogP contribution in [0.15, 0.2) is 42.5 Å². The van der Waals surface area contributed by atoms with E-state index in [4.69, 9.17) is 11.6 Å². The van der Waals surface area contributed by atoms with Gasteiger partial charge in [-0.3, -0.25) is 9.59 Å². The Labute approximate surface area is 161 Å². The summed E-state index contributed by atoms with van der Waals surface area (Å²) in [5.74, 6) is -1.39. The summed E-state index contributed by atoms with van der Waals surface area (Å²) in [6.45, 7) is 0.937. The van der Waals surface area contributed by atoms with E-state index in [2.05, 4.69) is 5.32 Å². The first-order chi connectivity index (χ1) is 12.9. The van der Waals surface area contributed by atoms with Crippen molar-refractivity contribution in [2.24, 2.45) is 5.92 Å². The number of rotatable bonds is 4. The first-order valence-corrected chi connectivity index (χ1v) is 9.08. The van der Waals surface area contributed by atoms with Crippen LogP contribution >= 0.6 is 11.6 Å². The molecule has 7 heteroatoms. The summed E-state index contributed by atoms with van der Waals surface area (Å²) in [5.41, 5.74) is 1.07. The van der Waals surface area contributed by atoms with E-state index in [9.17, 15) is 18.4 Å². The quantitative estimate of drug-likeness (QED) is 0.853. The van der Waals surface area contributed by atoms with Crippen molar-refractivity contribution in [3.8, 4) is 0 Å². The van der Waals surface area contributed by atoms with Crippen LogP contribution in [0.3, 0.4) is 0 Å². The zero-order chi connectivity index (χ0) is 19.4. The molecule has 1 aliphatic heterocycles. The normalized spacial score (nSPS) is 14.9. The fourth-order valence-electron chi connectivity index (χ4n) is 3.14. The Hall–Kier alpha value is -2.47. The molecule has 1 heterocycles. The Kier molecular flexibility index (Phi) is 6.06. The summed E-state index contributed by atoms with van der Waals surface area (Å²) in [4.78, 5) is 26.4. The standard InChI is InChI=1S/C20H19ClF2N2O2/c21-17-12-16(4-5-18(17)23)24-20(27)14-6-8-25(9-7-14)19(26)11-13-2-1-3-15(22)10-13/h1-5,10,12,14H,6-9,11H2,(H,24,27). The number of nitrogens with zero attached hydrogens (tertiary/aromatic N) is 1. The fourth-order valence-corrected chi connectivity index (χ4v) is 3.32. The molecule has 1 saturated heterocycles. The smallest absolute Gasteiger partial charge is 0.227 e. The average molecular weight is 393 g/mol.